The number of nitrogens with one attached hydrogen (secondary N) is 1. The van der Waals surface area contributed by atoms with Crippen molar-refractivity contribution < 1.29 is 19.4 Å². The molecule has 46 heavy (non-hydrogen) atoms. The van der Waals surface area contributed by atoms with Crippen LogP contribution in [0.5, 0.6) is 0 Å². The molecule has 6 fully saturated rings. The molecular formula is C37H60ClN3O5. The van der Waals surface area contributed by atoms with Crippen LogP contribution < -0.4 is 5.32 Å². The number of nitrogens with zero attached hydrogens (tertiary/aromatic N) is 2. The number of rotatable bonds is 4. The standard InChI is InChI=1S/C27H42O3.C10H18ClN3O2/c1-16-7-12-27(29-15-16)17(2)24-23(30-27)14-22-20-6-5-18-13-19(28)8-10-25(18,3)21(20)9-11-26(22,24)4;1-8-2-4-9(5-3-8)12-10(15)14(13-16)7-6-11/h9,16-20,22-24,28H,5-8,10-15H2,1-4H3;8-9H,2-7H2,1H3,(H,12,15). The minimum absolute atomic E-state index is 0.0661. The monoisotopic (exact) mass is 661 g/mol. The van der Waals surface area contributed by atoms with Gasteiger partial charge in [-0.3, -0.25) is 0 Å². The van der Waals surface area contributed by atoms with Crippen molar-refractivity contribution in [3.63, 3.8) is 0 Å². The number of nitroso groups, excluding NO2 is 1. The molecular weight excluding hydrogens is 602 g/mol. The molecule has 0 aromatic carbocycles. The van der Waals surface area contributed by atoms with E-state index in [2.05, 4.69) is 51.3 Å². The molecule has 7 aliphatic rings. The summed E-state index contributed by atoms with van der Waals surface area (Å²) in [6, 6.07) is -0.265. The van der Waals surface area contributed by atoms with Gasteiger partial charge < -0.3 is 19.9 Å². The number of hydrogen-bond donors (Lipinski definition) is 2. The number of aliphatic hydroxyl groups is 1. The number of alkyl halides is 1. The number of fused-ring (bicyclic) bond motifs is 7. The van der Waals surface area contributed by atoms with Crippen molar-refractivity contribution in [3.8, 4) is 0 Å². The van der Waals surface area contributed by atoms with E-state index in [0.29, 0.717) is 40.6 Å². The van der Waals surface area contributed by atoms with E-state index < -0.39 is 6.03 Å². The molecule has 2 heterocycles. The van der Waals surface area contributed by atoms with Gasteiger partial charge in [0.25, 0.3) is 0 Å². The number of aliphatic hydroxyl groups excluding tert-OH is 1. The lowest BCUT2D eigenvalue weighted by atomic mass is 9.48. The summed E-state index contributed by atoms with van der Waals surface area (Å²) in [5.74, 6) is 4.62. The van der Waals surface area contributed by atoms with E-state index >= 15 is 0 Å². The molecule has 0 radical (unpaired) electrons. The normalized spacial score (nSPS) is 47.7. The lowest BCUT2D eigenvalue weighted by molar-refractivity contribution is -0.272. The van der Waals surface area contributed by atoms with Gasteiger partial charge in [0, 0.05) is 24.3 Å². The number of amides is 2. The van der Waals surface area contributed by atoms with Gasteiger partial charge in [0.1, 0.15) is 0 Å². The maximum Gasteiger partial charge on any atom is 0.340 e. The van der Waals surface area contributed by atoms with Crippen molar-refractivity contribution in [2.75, 3.05) is 19.0 Å². The summed E-state index contributed by atoms with van der Waals surface area (Å²) in [6.07, 6.45) is 17.8. The third-order valence-electron chi connectivity index (χ3n) is 14.2. The van der Waals surface area contributed by atoms with E-state index in [0.717, 1.165) is 74.3 Å². The van der Waals surface area contributed by atoms with Crippen LogP contribution in [0.1, 0.15) is 118 Å². The fourth-order valence-electron chi connectivity index (χ4n) is 11.4. The van der Waals surface area contributed by atoms with E-state index in [1.165, 1.54) is 38.5 Å². The van der Waals surface area contributed by atoms with Crippen LogP contribution in [0.15, 0.2) is 16.9 Å². The van der Waals surface area contributed by atoms with E-state index in [1.54, 1.807) is 5.57 Å². The van der Waals surface area contributed by atoms with E-state index in [1.807, 2.05) is 0 Å². The molecule has 11 atom stereocenters. The molecule has 0 aromatic rings. The zero-order valence-corrected chi connectivity index (χ0v) is 29.8. The van der Waals surface area contributed by atoms with E-state index in [4.69, 9.17) is 21.1 Å². The molecule has 4 saturated carbocycles. The first kappa shape index (κ1) is 34.6. The van der Waals surface area contributed by atoms with Gasteiger partial charge in [0.2, 0.25) is 0 Å². The molecule has 0 bridgehead atoms. The lowest BCUT2D eigenvalue weighted by Crippen LogP contribution is -2.50. The van der Waals surface area contributed by atoms with Crippen LogP contribution in [-0.2, 0) is 9.47 Å². The second-order valence-corrected chi connectivity index (χ2v) is 17.4. The van der Waals surface area contributed by atoms with Crippen molar-refractivity contribution in [1.82, 2.24) is 10.3 Å². The van der Waals surface area contributed by atoms with Gasteiger partial charge in [-0.05, 0) is 123 Å². The first-order chi connectivity index (χ1) is 21.9. The first-order valence-electron chi connectivity index (χ1n) is 18.6. The average Bonchev–Trinajstić information content (AvgIpc) is 3.48. The fourth-order valence-corrected chi connectivity index (χ4v) is 11.6. The minimum atomic E-state index is -0.435. The zero-order valence-electron chi connectivity index (χ0n) is 29.0. The Balaban J connectivity index is 0.000000198. The topological polar surface area (TPSA) is 100 Å². The minimum Gasteiger partial charge on any atom is -0.393 e. The molecule has 2 saturated heterocycles. The van der Waals surface area contributed by atoms with Crippen LogP contribution in [-0.4, -0.2) is 59.2 Å². The predicted octanol–water partition coefficient (Wildman–Crippen LogP) is 8.21. The molecule has 2 aliphatic heterocycles. The Morgan fingerprint density at radius 2 is 1.80 bits per heavy atom. The largest absolute Gasteiger partial charge is 0.393 e. The molecule has 5 aliphatic carbocycles. The van der Waals surface area contributed by atoms with Crippen molar-refractivity contribution in [2.45, 2.75) is 142 Å². The van der Waals surface area contributed by atoms with Crippen molar-refractivity contribution >= 4 is 17.6 Å². The highest BCUT2D eigenvalue weighted by atomic mass is 35.5. The molecule has 1 spiro atoms. The molecule has 7 rings (SSSR count). The van der Waals surface area contributed by atoms with Crippen LogP contribution in [0.4, 0.5) is 4.79 Å². The average molecular weight is 662 g/mol. The third kappa shape index (κ3) is 6.20. The number of urea groups is 1. The Morgan fingerprint density at radius 3 is 2.48 bits per heavy atom. The fraction of sp³-hybridized carbons (Fsp3) is 0.919. The predicted molar refractivity (Wildman–Crippen MR) is 181 cm³/mol. The number of carbonyl (C=O) groups excluding carboxylic acids is 1. The summed E-state index contributed by atoms with van der Waals surface area (Å²) < 4.78 is 13.3. The Kier molecular flexibility index (Phi) is 10.2. The summed E-state index contributed by atoms with van der Waals surface area (Å²) in [7, 11) is 0. The number of halogens is 1. The highest BCUT2D eigenvalue weighted by Gasteiger charge is 2.67. The van der Waals surface area contributed by atoms with Gasteiger partial charge in [0.05, 0.1) is 30.6 Å². The summed E-state index contributed by atoms with van der Waals surface area (Å²) in [5, 5.41) is 16.6. The second kappa shape index (κ2) is 13.6. The van der Waals surface area contributed by atoms with Crippen molar-refractivity contribution in [3.05, 3.63) is 16.6 Å². The number of hydrogen-bond acceptors (Lipinski definition) is 6. The van der Waals surface area contributed by atoms with Crippen molar-refractivity contribution in [2.24, 2.45) is 57.5 Å². The molecule has 9 heteroatoms. The maximum absolute atomic E-state index is 11.6. The molecule has 0 aromatic heterocycles. The molecule has 8 nitrogen and oxygen atoms in total. The Bertz CT molecular complexity index is 1140. The van der Waals surface area contributed by atoms with Gasteiger partial charge in [0.15, 0.2) is 5.79 Å². The third-order valence-corrected chi connectivity index (χ3v) is 14.4. The number of carbonyl (C=O) groups is 1. The molecule has 11 unspecified atom stereocenters. The Labute approximate surface area is 282 Å². The summed E-state index contributed by atoms with van der Waals surface area (Å²) >= 11 is 5.46. The van der Waals surface area contributed by atoms with Crippen LogP contribution in [0.3, 0.4) is 0 Å². The second-order valence-electron chi connectivity index (χ2n) is 17.0. The first-order valence-corrected chi connectivity index (χ1v) is 19.1. The smallest absolute Gasteiger partial charge is 0.340 e. The SMILES string of the molecule is CC1CCC(NC(=O)N(CCCl)N=O)CC1.CC1CCC2(OC1)OC1CC3C4CCC5CC(O)CCC5(C)C4=CCC3(C)C1C2C. The van der Waals surface area contributed by atoms with Gasteiger partial charge in [-0.15, -0.1) is 16.5 Å². The highest BCUT2D eigenvalue weighted by molar-refractivity contribution is 6.18. The molecule has 2 amide bonds. The Morgan fingerprint density at radius 1 is 1.04 bits per heavy atom. The summed E-state index contributed by atoms with van der Waals surface area (Å²) in [5.41, 5.74) is 2.46. The lowest BCUT2D eigenvalue weighted by Gasteiger charge is -2.57. The van der Waals surface area contributed by atoms with Crippen molar-refractivity contribution in [1.29, 1.82) is 0 Å². The molecule has 2 N–H and O–H groups in total. The Hall–Kier alpha value is -1.22. The van der Waals surface area contributed by atoms with E-state index in [-0.39, 0.29) is 30.4 Å². The maximum atomic E-state index is 11.6. The van der Waals surface area contributed by atoms with Gasteiger partial charge >= 0.3 is 6.03 Å². The van der Waals surface area contributed by atoms with E-state index in [9.17, 15) is 14.8 Å². The van der Waals surface area contributed by atoms with Gasteiger partial charge in [-0.2, -0.15) is 5.01 Å². The molecule has 260 valence electrons. The van der Waals surface area contributed by atoms with Crippen LogP contribution >= 0.6 is 11.6 Å². The van der Waals surface area contributed by atoms with Crippen LogP contribution in [0, 0.1) is 57.2 Å². The quantitative estimate of drug-likeness (QED) is 0.137. The van der Waals surface area contributed by atoms with Crippen LogP contribution in [0.25, 0.3) is 0 Å². The van der Waals surface area contributed by atoms with Gasteiger partial charge in [-0.1, -0.05) is 46.3 Å². The summed E-state index contributed by atoms with van der Waals surface area (Å²) in [6.45, 7) is 13.1. The summed E-state index contributed by atoms with van der Waals surface area (Å²) in [4.78, 5) is 22.0. The number of ether oxygens (including phenoxy) is 2. The number of allylic oxidation sites excluding steroid dienone is 2. The highest BCUT2D eigenvalue weighted by Crippen LogP contribution is 2.69. The zero-order chi connectivity index (χ0) is 32.9. The van der Waals surface area contributed by atoms with Gasteiger partial charge in [-0.25, -0.2) is 4.79 Å². The van der Waals surface area contributed by atoms with Crippen LogP contribution in [0.2, 0.25) is 0 Å².